The van der Waals surface area contributed by atoms with Crippen molar-refractivity contribution in [1.29, 1.82) is 0 Å². The van der Waals surface area contributed by atoms with E-state index >= 15 is 0 Å². The van der Waals surface area contributed by atoms with Crippen molar-refractivity contribution in [2.75, 3.05) is 18.2 Å². The van der Waals surface area contributed by atoms with E-state index in [0.29, 0.717) is 10.9 Å². The molecule has 5 nitrogen and oxygen atoms in total. The monoisotopic (exact) mass is 385 g/mol. The highest BCUT2D eigenvalue weighted by atomic mass is 32.2. The van der Waals surface area contributed by atoms with Gasteiger partial charge in [-0.1, -0.05) is 41.2 Å². The first kappa shape index (κ1) is 18.4. The van der Waals surface area contributed by atoms with Crippen LogP contribution in [-0.4, -0.2) is 29.0 Å². The number of amides is 1. The van der Waals surface area contributed by atoms with E-state index in [2.05, 4.69) is 40.6 Å². The lowest BCUT2D eigenvalue weighted by atomic mass is 10.2. The smallest absolute Gasteiger partial charge is 0.236 e. The van der Waals surface area contributed by atoms with Gasteiger partial charge in [-0.2, -0.15) is 0 Å². The average molecular weight is 386 g/mol. The van der Waals surface area contributed by atoms with Crippen molar-refractivity contribution in [1.82, 2.24) is 10.2 Å². The summed E-state index contributed by atoms with van der Waals surface area (Å²) in [4.78, 5) is 12.1. The van der Waals surface area contributed by atoms with E-state index in [1.807, 2.05) is 30.3 Å². The summed E-state index contributed by atoms with van der Waals surface area (Å²) in [5.41, 5.74) is 3.39. The summed E-state index contributed by atoms with van der Waals surface area (Å²) in [7, 11) is 1.63. The third-order valence-corrected chi connectivity index (χ3v) is 5.48. The molecule has 7 heteroatoms. The van der Waals surface area contributed by atoms with Crippen molar-refractivity contribution < 1.29 is 9.53 Å². The first-order chi connectivity index (χ1) is 12.6. The van der Waals surface area contributed by atoms with Gasteiger partial charge in [-0.3, -0.25) is 10.1 Å². The number of nitrogens with one attached hydrogen (secondary N) is 1. The number of nitrogens with zero attached hydrogens (tertiary/aromatic N) is 2. The molecule has 1 heterocycles. The molecule has 0 aliphatic rings. The topological polar surface area (TPSA) is 64.1 Å². The van der Waals surface area contributed by atoms with E-state index in [0.717, 1.165) is 22.1 Å². The molecule has 2 aromatic carbocycles. The molecule has 0 bridgehead atoms. The maximum absolute atomic E-state index is 12.1. The number of hydrogen-bond acceptors (Lipinski definition) is 6. The number of methoxy groups -OCH3 is 1. The van der Waals surface area contributed by atoms with Crippen LogP contribution < -0.4 is 10.1 Å². The molecule has 26 heavy (non-hydrogen) atoms. The maximum Gasteiger partial charge on any atom is 0.236 e. The molecule has 1 N–H and O–H groups in total. The number of carbonyl (C=O) groups excluding carboxylic acids is 1. The van der Waals surface area contributed by atoms with Gasteiger partial charge in [0.25, 0.3) is 0 Å². The standard InChI is InChI=1S/C19H19N3O2S2/c1-13-4-3-5-14(10-13)11-25-12-17(23)20-19-22-21-18(26-19)15-6-8-16(24-2)9-7-15/h3-10H,11-12H2,1-2H3,(H,20,22,23). The Kier molecular flexibility index (Phi) is 6.25. The van der Waals surface area contributed by atoms with E-state index in [9.17, 15) is 4.79 Å². The van der Waals surface area contributed by atoms with Crippen LogP contribution in [0.2, 0.25) is 0 Å². The average Bonchev–Trinajstić information content (AvgIpc) is 3.10. The minimum atomic E-state index is -0.0694. The number of aryl methyl sites for hydroxylation is 1. The summed E-state index contributed by atoms with van der Waals surface area (Å²) < 4.78 is 5.15. The number of thioether (sulfide) groups is 1. The first-order valence-electron chi connectivity index (χ1n) is 8.05. The quantitative estimate of drug-likeness (QED) is 0.653. The summed E-state index contributed by atoms with van der Waals surface area (Å²) in [5, 5.41) is 12.3. The fraction of sp³-hybridized carbons (Fsp3) is 0.211. The number of benzene rings is 2. The molecule has 1 aromatic heterocycles. The summed E-state index contributed by atoms with van der Waals surface area (Å²) in [6.07, 6.45) is 0. The van der Waals surface area contributed by atoms with Crippen molar-refractivity contribution in [2.45, 2.75) is 12.7 Å². The second kappa shape index (κ2) is 8.82. The van der Waals surface area contributed by atoms with Crippen molar-refractivity contribution in [3.05, 3.63) is 59.7 Å². The number of rotatable bonds is 7. The molecule has 0 aliphatic heterocycles. The molecule has 0 aliphatic carbocycles. The Morgan fingerprint density at radius 3 is 2.73 bits per heavy atom. The Morgan fingerprint density at radius 2 is 2.00 bits per heavy atom. The summed E-state index contributed by atoms with van der Waals surface area (Å²) in [6, 6.07) is 15.9. The highest BCUT2D eigenvalue weighted by Gasteiger charge is 2.10. The fourth-order valence-corrected chi connectivity index (χ4v) is 3.88. The molecular weight excluding hydrogens is 366 g/mol. The Labute approximate surface area is 160 Å². The summed E-state index contributed by atoms with van der Waals surface area (Å²) in [6.45, 7) is 2.07. The van der Waals surface area contributed by atoms with Crippen LogP contribution in [-0.2, 0) is 10.5 Å². The zero-order chi connectivity index (χ0) is 18.4. The van der Waals surface area contributed by atoms with Crippen molar-refractivity contribution >= 4 is 34.1 Å². The minimum Gasteiger partial charge on any atom is -0.497 e. The second-order valence-corrected chi connectivity index (χ2v) is 7.63. The van der Waals surface area contributed by atoms with Crippen LogP contribution in [0.15, 0.2) is 48.5 Å². The van der Waals surface area contributed by atoms with Crippen molar-refractivity contribution in [3.8, 4) is 16.3 Å². The second-order valence-electron chi connectivity index (χ2n) is 5.67. The van der Waals surface area contributed by atoms with Crippen LogP contribution in [0.1, 0.15) is 11.1 Å². The van der Waals surface area contributed by atoms with Gasteiger partial charge in [0, 0.05) is 11.3 Å². The van der Waals surface area contributed by atoms with Gasteiger partial charge in [-0.25, -0.2) is 0 Å². The highest BCUT2D eigenvalue weighted by Crippen LogP contribution is 2.27. The number of hydrogen-bond donors (Lipinski definition) is 1. The van der Waals surface area contributed by atoms with Gasteiger partial charge in [-0.15, -0.1) is 22.0 Å². The normalized spacial score (nSPS) is 10.5. The zero-order valence-electron chi connectivity index (χ0n) is 14.6. The Morgan fingerprint density at radius 1 is 1.19 bits per heavy atom. The van der Waals surface area contributed by atoms with Crippen LogP contribution >= 0.6 is 23.1 Å². The SMILES string of the molecule is COc1ccc(-c2nnc(NC(=O)CSCc3cccc(C)c3)s2)cc1. The Balaban J connectivity index is 1.50. The number of ether oxygens (including phenoxy) is 1. The van der Waals surface area contributed by atoms with Gasteiger partial charge < -0.3 is 4.74 Å². The van der Waals surface area contributed by atoms with E-state index in [4.69, 9.17) is 4.74 Å². The molecule has 134 valence electrons. The molecule has 0 atom stereocenters. The summed E-state index contributed by atoms with van der Waals surface area (Å²) in [5.74, 6) is 1.91. The lowest BCUT2D eigenvalue weighted by molar-refractivity contribution is -0.113. The number of anilines is 1. The van der Waals surface area contributed by atoms with Crippen LogP contribution in [0, 0.1) is 6.92 Å². The van der Waals surface area contributed by atoms with Gasteiger partial charge in [0.1, 0.15) is 10.8 Å². The minimum absolute atomic E-state index is 0.0694. The number of carbonyl (C=O) groups is 1. The molecule has 0 fully saturated rings. The van der Waals surface area contributed by atoms with E-state index < -0.39 is 0 Å². The molecule has 3 rings (SSSR count). The van der Waals surface area contributed by atoms with Crippen LogP contribution in [0.25, 0.3) is 10.6 Å². The van der Waals surface area contributed by atoms with Crippen LogP contribution in [0.5, 0.6) is 5.75 Å². The van der Waals surface area contributed by atoms with Gasteiger partial charge >= 0.3 is 0 Å². The Bertz CT molecular complexity index is 879. The molecular formula is C19H19N3O2S2. The molecule has 0 radical (unpaired) electrons. The highest BCUT2D eigenvalue weighted by molar-refractivity contribution is 7.99. The third-order valence-electron chi connectivity index (χ3n) is 3.59. The molecule has 0 unspecified atom stereocenters. The number of aromatic nitrogens is 2. The third kappa shape index (κ3) is 5.06. The first-order valence-corrected chi connectivity index (χ1v) is 10.0. The van der Waals surface area contributed by atoms with Gasteiger partial charge in [0.15, 0.2) is 0 Å². The van der Waals surface area contributed by atoms with Crippen molar-refractivity contribution in [2.24, 2.45) is 0 Å². The lowest BCUT2D eigenvalue weighted by Gasteiger charge is -2.03. The van der Waals surface area contributed by atoms with Crippen LogP contribution in [0.3, 0.4) is 0 Å². The van der Waals surface area contributed by atoms with E-state index in [1.165, 1.54) is 22.5 Å². The predicted molar refractivity (Wildman–Crippen MR) is 108 cm³/mol. The fourth-order valence-electron chi connectivity index (χ4n) is 2.34. The van der Waals surface area contributed by atoms with E-state index in [-0.39, 0.29) is 5.91 Å². The Hall–Kier alpha value is -2.38. The molecule has 3 aromatic rings. The van der Waals surface area contributed by atoms with E-state index in [1.54, 1.807) is 18.9 Å². The zero-order valence-corrected chi connectivity index (χ0v) is 16.2. The van der Waals surface area contributed by atoms with Gasteiger partial charge in [0.05, 0.1) is 12.9 Å². The van der Waals surface area contributed by atoms with Crippen LogP contribution in [0.4, 0.5) is 5.13 Å². The molecule has 1 amide bonds. The van der Waals surface area contributed by atoms with Crippen molar-refractivity contribution in [3.63, 3.8) is 0 Å². The predicted octanol–water partition coefficient (Wildman–Crippen LogP) is 4.39. The molecule has 0 saturated heterocycles. The summed E-state index contributed by atoms with van der Waals surface area (Å²) >= 11 is 2.94. The molecule has 0 spiro atoms. The lowest BCUT2D eigenvalue weighted by Crippen LogP contribution is -2.14. The van der Waals surface area contributed by atoms with Gasteiger partial charge in [-0.05, 0) is 36.8 Å². The molecule has 0 saturated carbocycles. The maximum atomic E-state index is 12.1. The largest absolute Gasteiger partial charge is 0.497 e. The van der Waals surface area contributed by atoms with Gasteiger partial charge in [0.2, 0.25) is 11.0 Å².